The average Bonchev–Trinajstić information content (AvgIpc) is 2.16. The fourth-order valence-electron chi connectivity index (χ4n) is 1.35. The Morgan fingerprint density at radius 3 is 2.25 bits per heavy atom. The summed E-state index contributed by atoms with van der Waals surface area (Å²) in [6, 6.07) is 5.96. The molecule has 90 valence electrons. The molecule has 0 radical (unpaired) electrons. The molecule has 0 unspecified atom stereocenters. The molecule has 1 nitrogen and oxygen atoms in total. The van der Waals surface area contributed by atoms with E-state index in [0.717, 1.165) is 10.6 Å². The van der Waals surface area contributed by atoms with Crippen LogP contribution in [0.1, 0.15) is 24.9 Å². The minimum Gasteiger partial charge on any atom is -0.324 e. The molecular formula is C11H14F3NS. The Hall–Kier alpha value is -0.680. The first-order chi connectivity index (χ1) is 7.42. The molecule has 1 rings (SSSR count). The van der Waals surface area contributed by atoms with Gasteiger partial charge in [0.15, 0.2) is 0 Å². The van der Waals surface area contributed by atoms with Crippen molar-refractivity contribution in [3.05, 3.63) is 29.8 Å². The van der Waals surface area contributed by atoms with Crippen LogP contribution in [-0.4, -0.2) is 11.9 Å². The number of thioether (sulfide) groups is 1. The van der Waals surface area contributed by atoms with Gasteiger partial charge in [-0.2, -0.15) is 13.2 Å². The first kappa shape index (κ1) is 13.4. The maximum absolute atomic E-state index is 12.1. The second-order valence-corrected chi connectivity index (χ2v) is 4.77. The largest absolute Gasteiger partial charge is 0.390 e. The topological polar surface area (TPSA) is 26.0 Å². The van der Waals surface area contributed by atoms with Crippen molar-refractivity contribution in [2.75, 3.05) is 5.75 Å². The van der Waals surface area contributed by atoms with Crippen molar-refractivity contribution in [2.45, 2.75) is 30.5 Å². The van der Waals surface area contributed by atoms with E-state index in [-0.39, 0.29) is 0 Å². The molecule has 1 aromatic rings. The molecule has 0 saturated heterocycles. The molecule has 0 bridgehead atoms. The summed E-state index contributed by atoms with van der Waals surface area (Å²) in [5, 5.41) is 0. The van der Waals surface area contributed by atoms with E-state index in [1.165, 1.54) is 0 Å². The quantitative estimate of drug-likeness (QED) is 0.822. The molecule has 0 spiro atoms. The summed E-state index contributed by atoms with van der Waals surface area (Å²) in [7, 11) is 0. The molecule has 0 amide bonds. The zero-order valence-corrected chi connectivity index (χ0v) is 9.74. The minimum absolute atomic E-state index is 0.526. The van der Waals surface area contributed by atoms with Gasteiger partial charge in [-0.05, 0) is 23.4 Å². The van der Waals surface area contributed by atoms with E-state index in [2.05, 4.69) is 0 Å². The van der Waals surface area contributed by atoms with Crippen molar-refractivity contribution in [3.63, 3.8) is 0 Å². The van der Waals surface area contributed by atoms with Crippen LogP contribution in [0.25, 0.3) is 0 Å². The van der Waals surface area contributed by atoms with Gasteiger partial charge in [0, 0.05) is 10.9 Å². The lowest BCUT2D eigenvalue weighted by Crippen LogP contribution is -2.20. The number of benzene rings is 1. The maximum Gasteiger partial charge on any atom is 0.390 e. The van der Waals surface area contributed by atoms with E-state index in [4.69, 9.17) is 5.73 Å². The van der Waals surface area contributed by atoms with Crippen LogP contribution in [0.3, 0.4) is 0 Å². The smallest absolute Gasteiger partial charge is 0.324 e. The van der Waals surface area contributed by atoms with E-state index in [9.17, 15) is 13.2 Å². The van der Waals surface area contributed by atoms with E-state index in [1.807, 2.05) is 6.92 Å². The van der Waals surface area contributed by atoms with E-state index < -0.39 is 18.6 Å². The average molecular weight is 249 g/mol. The molecule has 0 aliphatic carbocycles. The lowest BCUT2D eigenvalue weighted by molar-refractivity contribution is -0.138. The van der Waals surface area contributed by atoms with Crippen molar-refractivity contribution in [3.8, 4) is 0 Å². The molecule has 2 N–H and O–H groups in total. The van der Waals surface area contributed by atoms with Crippen LogP contribution in [0, 0.1) is 0 Å². The summed E-state index contributed by atoms with van der Waals surface area (Å²) in [6.07, 6.45) is -5.19. The number of rotatable bonds is 4. The van der Waals surface area contributed by atoms with Crippen molar-refractivity contribution in [2.24, 2.45) is 5.73 Å². The zero-order chi connectivity index (χ0) is 12.2. The Balaban J connectivity index is 2.66. The molecule has 0 aliphatic heterocycles. The molecule has 5 heteroatoms. The Labute approximate surface area is 97.2 Å². The predicted molar refractivity (Wildman–Crippen MR) is 60.4 cm³/mol. The standard InChI is InChI=1S/C11H14F3NS/c1-2-16-9-5-3-8(4-6-9)10(15)7-11(12,13)14/h3-6,10H,2,7,15H2,1H3/t10-/m0/s1. The Bertz CT molecular complexity index is 321. The first-order valence-electron chi connectivity index (χ1n) is 4.97. The monoisotopic (exact) mass is 249 g/mol. The third-order valence-corrected chi connectivity index (χ3v) is 2.96. The minimum atomic E-state index is -4.21. The van der Waals surface area contributed by atoms with Gasteiger partial charge in [-0.3, -0.25) is 0 Å². The van der Waals surface area contributed by atoms with Gasteiger partial charge < -0.3 is 5.73 Å². The third-order valence-electron chi connectivity index (χ3n) is 2.07. The summed E-state index contributed by atoms with van der Waals surface area (Å²) in [5.74, 6) is 0.938. The van der Waals surface area contributed by atoms with Crippen molar-refractivity contribution in [1.82, 2.24) is 0 Å². The van der Waals surface area contributed by atoms with Crippen LogP contribution in [-0.2, 0) is 0 Å². The van der Waals surface area contributed by atoms with Crippen molar-refractivity contribution < 1.29 is 13.2 Å². The molecule has 16 heavy (non-hydrogen) atoms. The predicted octanol–water partition coefficient (Wildman–Crippen LogP) is 3.75. The first-order valence-corrected chi connectivity index (χ1v) is 5.96. The van der Waals surface area contributed by atoms with Gasteiger partial charge in [-0.1, -0.05) is 19.1 Å². The van der Waals surface area contributed by atoms with E-state index in [1.54, 1.807) is 36.0 Å². The van der Waals surface area contributed by atoms with Gasteiger partial charge >= 0.3 is 6.18 Å². The van der Waals surface area contributed by atoms with Gasteiger partial charge in [0.2, 0.25) is 0 Å². The fourth-order valence-corrected chi connectivity index (χ4v) is 2.01. The molecule has 1 aromatic carbocycles. The highest BCUT2D eigenvalue weighted by Gasteiger charge is 2.30. The third kappa shape index (κ3) is 4.45. The Morgan fingerprint density at radius 1 is 1.25 bits per heavy atom. The number of nitrogens with two attached hydrogens (primary N) is 1. The van der Waals surface area contributed by atoms with Crippen molar-refractivity contribution in [1.29, 1.82) is 0 Å². The maximum atomic E-state index is 12.1. The van der Waals surface area contributed by atoms with Gasteiger partial charge in [0.05, 0.1) is 6.42 Å². The van der Waals surface area contributed by atoms with Crippen LogP contribution >= 0.6 is 11.8 Å². The van der Waals surface area contributed by atoms with Crippen LogP contribution in [0.15, 0.2) is 29.2 Å². The molecule has 0 fully saturated rings. The number of halogens is 3. The molecule has 0 aliphatic rings. The summed E-state index contributed by atoms with van der Waals surface area (Å²) < 4.78 is 36.3. The van der Waals surface area contributed by atoms with Gasteiger partial charge in [0.25, 0.3) is 0 Å². The lowest BCUT2D eigenvalue weighted by atomic mass is 10.0. The van der Waals surface area contributed by atoms with Crippen LogP contribution in [0.2, 0.25) is 0 Å². The van der Waals surface area contributed by atoms with Gasteiger partial charge in [-0.25, -0.2) is 0 Å². The van der Waals surface area contributed by atoms with Gasteiger partial charge in [0.1, 0.15) is 0 Å². The Morgan fingerprint density at radius 2 is 1.81 bits per heavy atom. The van der Waals surface area contributed by atoms with Crippen molar-refractivity contribution >= 4 is 11.8 Å². The number of hydrogen-bond acceptors (Lipinski definition) is 2. The SMILES string of the molecule is CCSc1ccc([C@@H](N)CC(F)(F)F)cc1. The lowest BCUT2D eigenvalue weighted by Gasteiger charge is -2.14. The summed E-state index contributed by atoms with van der Waals surface area (Å²) >= 11 is 1.65. The number of hydrogen-bond donors (Lipinski definition) is 1. The fraction of sp³-hybridized carbons (Fsp3) is 0.455. The molecule has 1 atom stereocenters. The molecular weight excluding hydrogens is 235 g/mol. The van der Waals surface area contributed by atoms with E-state index >= 15 is 0 Å². The molecule has 0 aromatic heterocycles. The Kier molecular flexibility index (Phi) is 4.68. The summed E-state index contributed by atoms with van der Waals surface area (Å²) in [4.78, 5) is 1.05. The molecule has 0 heterocycles. The van der Waals surface area contributed by atoms with Crippen LogP contribution in [0.4, 0.5) is 13.2 Å². The zero-order valence-electron chi connectivity index (χ0n) is 8.92. The summed E-state index contributed by atoms with van der Waals surface area (Å²) in [5.41, 5.74) is 6.00. The molecule has 0 saturated carbocycles. The van der Waals surface area contributed by atoms with E-state index in [0.29, 0.717) is 5.56 Å². The van der Waals surface area contributed by atoms with Crippen LogP contribution in [0.5, 0.6) is 0 Å². The highest BCUT2D eigenvalue weighted by molar-refractivity contribution is 7.99. The van der Waals surface area contributed by atoms with Gasteiger partial charge in [-0.15, -0.1) is 11.8 Å². The van der Waals surface area contributed by atoms with Crippen LogP contribution < -0.4 is 5.73 Å². The summed E-state index contributed by atoms with van der Waals surface area (Å²) in [6.45, 7) is 2.02. The number of alkyl halides is 3. The second kappa shape index (κ2) is 5.59. The highest BCUT2D eigenvalue weighted by Crippen LogP contribution is 2.28. The normalized spacial score (nSPS) is 13.8. The highest BCUT2D eigenvalue weighted by atomic mass is 32.2. The second-order valence-electron chi connectivity index (χ2n) is 3.43.